The van der Waals surface area contributed by atoms with E-state index in [1.807, 2.05) is 6.92 Å². The van der Waals surface area contributed by atoms with E-state index in [4.69, 9.17) is 10.2 Å². The first-order valence-corrected chi connectivity index (χ1v) is 4.22. The predicted octanol–water partition coefficient (Wildman–Crippen LogP) is 1.94. The zero-order chi connectivity index (χ0) is 10.8. The minimum Gasteiger partial charge on any atom is -0.478 e. The third kappa shape index (κ3) is 5.97. The fourth-order valence-corrected chi connectivity index (χ4v) is 0.686. The topological polar surface area (TPSA) is 57.5 Å². The lowest BCUT2D eigenvalue weighted by Gasteiger charge is -1.88. The lowest BCUT2D eigenvalue weighted by Crippen LogP contribution is -1.93. The van der Waals surface area contributed by atoms with Crippen LogP contribution in [0.25, 0.3) is 0 Å². The highest BCUT2D eigenvalue weighted by atomic mass is 16.4. The van der Waals surface area contributed by atoms with Crippen molar-refractivity contribution >= 4 is 5.97 Å². The first kappa shape index (κ1) is 12.4. The molecule has 1 aromatic rings. The van der Waals surface area contributed by atoms with E-state index < -0.39 is 5.97 Å². The van der Waals surface area contributed by atoms with Gasteiger partial charge in [-0.15, -0.1) is 0 Å². The summed E-state index contributed by atoms with van der Waals surface area (Å²) in [7, 11) is 0. The highest BCUT2D eigenvalue weighted by molar-refractivity contribution is 5.87. The second-order valence-corrected chi connectivity index (χ2v) is 2.42. The third-order valence-corrected chi connectivity index (χ3v) is 1.36. The predicted molar refractivity (Wildman–Crippen MR) is 55.3 cm³/mol. The van der Waals surface area contributed by atoms with Gasteiger partial charge in [0.15, 0.2) is 0 Å². The van der Waals surface area contributed by atoms with Gasteiger partial charge in [-0.3, -0.25) is 0 Å². The summed E-state index contributed by atoms with van der Waals surface area (Å²) in [6, 6.07) is 8.30. The first-order valence-electron chi connectivity index (χ1n) is 4.22. The number of carbonyl (C=O) groups is 1. The Kier molecular flexibility index (Phi) is 7.09. The van der Waals surface area contributed by atoms with Gasteiger partial charge in [-0.25, -0.2) is 4.79 Å². The number of allylic oxidation sites excluding steroid dienone is 1. The van der Waals surface area contributed by atoms with Gasteiger partial charge in [0.05, 0.1) is 12.2 Å². The maximum absolute atomic E-state index is 10.2. The molecule has 0 saturated heterocycles. The van der Waals surface area contributed by atoms with Crippen molar-refractivity contribution in [3.05, 3.63) is 48.0 Å². The fraction of sp³-hybridized carbons (Fsp3) is 0.182. The molecule has 3 nitrogen and oxygen atoms in total. The van der Waals surface area contributed by atoms with E-state index in [9.17, 15) is 4.79 Å². The number of rotatable bonds is 2. The summed E-state index contributed by atoms with van der Waals surface area (Å²) >= 11 is 0. The Bertz CT molecular complexity index is 278. The van der Waals surface area contributed by atoms with Crippen molar-refractivity contribution in [3.63, 3.8) is 0 Å². The van der Waals surface area contributed by atoms with Crippen LogP contribution in [0.15, 0.2) is 42.5 Å². The van der Waals surface area contributed by atoms with E-state index in [1.165, 1.54) is 0 Å². The zero-order valence-electron chi connectivity index (χ0n) is 8.05. The van der Waals surface area contributed by atoms with Crippen molar-refractivity contribution in [2.24, 2.45) is 0 Å². The SMILES string of the molecule is CC=CCO.O=C(O)c1ccccc1. The summed E-state index contributed by atoms with van der Waals surface area (Å²) in [5.41, 5.74) is 0.331. The van der Waals surface area contributed by atoms with Crippen LogP contribution in [0.4, 0.5) is 0 Å². The Balaban J connectivity index is 0.000000292. The molecule has 0 bridgehead atoms. The van der Waals surface area contributed by atoms with E-state index in [2.05, 4.69) is 0 Å². The van der Waals surface area contributed by atoms with Gasteiger partial charge in [-0.05, 0) is 19.1 Å². The summed E-state index contributed by atoms with van der Waals surface area (Å²) in [5, 5.41) is 16.4. The summed E-state index contributed by atoms with van der Waals surface area (Å²) in [6.07, 6.45) is 3.49. The van der Waals surface area contributed by atoms with Crippen molar-refractivity contribution in [3.8, 4) is 0 Å². The van der Waals surface area contributed by atoms with E-state index in [0.29, 0.717) is 5.56 Å². The maximum atomic E-state index is 10.2. The van der Waals surface area contributed by atoms with Crippen LogP contribution in [0, 0.1) is 0 Å². The Morgan fingerprint density at radius 1 is 1.36 bits per heavy atom. The highest BCUT2D eigenvalue weighted by Crippen LogP contribution is 1.96. The van der Waals surface area contributed by atoms with Crippen molar-refractivity contribution in [2.45, 2.75) is 6.92 Å². The molecule has 0 unspecified atom stereocenters. The quantitative estimate of drug-likeness (QED) is 0.707. The standard InChI is InChI=1S/C7H6O2.C4H8O/c8-7(9)6-4-2-1-3-5-6;1-2-3-4-5/h1-5H,(H,8,9);2-3,5H,4H2,1H3. The second-order valence-electron chi connectivity index (χ2n) is 2.42. The molecular weight excluding hydrogens is 180 g/mol. The van der Waals surface area contributed by atoms with Crippen LogP contribution < -0.4 is 0 Å². The molecular formula is C11H14O3. The largest absolute Gasteiger partial charge is 0.478 e. The smallest absolute Gasteiger partial charge is 0.335 e. The van der Waals surface area contributed by atoms with Crippen molar-refractivity contribution in [1.29, 1.82) is 0 Å². The van der Waals surface area contributed by atoms with Crippen LogP contribution in [0.5, 0.6) is 0 Å². The average Bonchev–Trinajstić information content (AvgIpc) is 2.21. The number of benzene rings is 1. The van der Waals surface area contributed by atoms with Crippen molar-refractivity contribution in [1.82, 2.24) is 0 Å². The molecule has 2 N–H and O–H groups in total. The molecule has 0 atom stereocenters. The van der Waals surface area contributed by atoms with Crippen LogP contribution in [0.1, 0.15) is 17.3 Å². The molecule has 14 heavy (non-hydrogen) atoms. The van der Waals surface area contributed by atoms with Crippen LogP contribution in [0.3, 0.4) is 0 Å². The minimum absolute atomic E-state index is 0.163. The molecule has 0 spiro atoms. The molecule has 0 radical (unpaired) electrons. The third-order valence-electron chi connectivity index (χ3n) is 1.36. The second kappa shape index (κ2) is 8.01. The van der Waals surface area contributed by atoms with Crippen molar-refractivity contribution < 1.29 is 15.0 Å². The number of aliphatic hydroxyl groups excluding tert-OH is 1. The number of hydrogen-bond acceptors (Lipinski definition) is 2. The summed E-state index contributed by atoms with van der Waals surface area (Å²) in [6.45, 7) is 2.03. The Morgan fingerprint density at radius 2 is 1.93 bits per heavy atom. The average molecular weight is 194 g/mol. The van der Waals surface area contributed by atoms with Crippen LogP contribution >= 0.6 is 0 Å². The molecule has 0 aliphatic rings. The van der Waals surface area contributed by atoms with Gasteiger partial charge in [0, 0.05) is 0 Å². The van der Waals surface area contributed by atoms with Gasteiger partial charge in [0.2, 0.25) is 0 Å². The highest BCUT2D eigenvalue weighted by Gasteiger charge is 1.96. The molecule has 0 amide bonds. The van der Waals surface area contributed by atoms with Gasteiger partial charge < -0.3 is 10.2 Å². The normalized spacial score (nSPS) is 9.29. The molecule has 1 rings (SSSR count). The van der Waals surface area contributed by atoms with Gasteiger partial charge >= 0.3 is 5.97 Å². The van der Waals surface area contributed by atoms with E-state index >= 15 is 0 Å². The lowest BCUT2D eigenvalue weighted by atomic mass is 10.2. The van der Waals surface area contributed by atoms with Crippen LogP contribution in [-0.4, -0.2) is 22.8 Å². The number of hydrogen-bond donors (Lipinski definition) is 2. The van der Waals surface area contributed by atoms with Crippen LogP contribution in [0.2, 0.25) is 0 Å². The number of carboxylic acid groups (broad SMARTS) is 1. The Hall–Kier alpha value is -1.61. The van der Waals surface area contributed by atoms with Gasteiger partial charge in [-0.2, -0.15) is 0 Å². The molecule has 0 heterocycles. The summed E-state index contributed by atoms with van der Waals surface area (Å²) < 4.78 is 0. The van der Waals surface area contributed by atoms with Gasteiger partial charge in [-0.1, -0.05) is 30.4 Å². The fourth-order valence-electron chi connectivity index (χ4n) is 0.686. The molecule has 3 heteroatoms. The summed E-state index contributed by atoms with van der Waals surface area (Å²) in [5.74, 6) is -0.879. The molecule has 1 aromatic carbocycles. The molecule has 0 aliphatic carbocycles. The molecule has 0 aliphatic heterocycles. The number of aromatic carboxylic acids is 1. The minimum atomic E-state index is -0.879. The molecule has 0 saturated carbocycles. The number of carboxylic acids is 1. The Morgan fingerprint density at radius 3 is 2.14 bits per heavy atom. The lowest BCUT2D eigenvalue weighted by molar-refractivity contribution is 0.0697. The molecule has 76 valence electrons. The maximum Gasteiger partial charge on any atom is 0.335 e. The molecule has 0 aromatic heterocycles. The van der Waals surface area contributed by atoms with E-state index in [-0.39, 0.29) is 6.61 Å². The first-order chi connectivity index (χ1) is 6.72. The van der Waals surface area contributed by atoms with Crippen LogP contribution in [-0.2, 0) is 0 Å². The number of aliphatic hydroxyl groups is 1. The van der Waals surface area contributed by atoms with Gasteiger partial charge in [0.25, 0.3) is 0 Å². The summed E-state index contributed by atoms with van der Waals surface area (Å²) in [4.78, 5) is 10.2. The molecule has 0 fully saturated rings. The van der Waals surface area contributed by atoms with E-state index in [1.54, 1.807) is 42.5 Å². The van der Waals surface area contributed by atoms with Gasteiger partial charge in [0.1, 0.15) is 0 Å². The Labute approximate surface area is 83.3 Å². The monoisotopic (exact) mass is 194 g/mol. The van der Waals surface area contributed by atoms with E-state index in [0.717, 1.165) is 0 Å². The van der Waals surface area contributed by atoms with Crippen molar-refractivity contribution in [2.75, 3.05) is 6.61 Å². The zero-order valence-corrected chi connectivity index (χ0v) is 8.05.